The normalized spacial score (nSPS) is 12.9. The number of esters is 1. The van der Waals surface area contributed by atoms with E-state index >= 15 is 0 Å². The fourth-order valence-electron chi connectivity index (χ4n) is 7.78. The van der Waals surface area contributed by atoms with E-state index in [1.807, 2.05) is 6.08 Å². The van der Waals surface area contributed by atoms with E-state index in [1.54, 1.807) is 6.08 Å². The van der Waals surface area contributed by atoms with Crippen molar-refractivity contribution in [3.8, 4) is 0 Å². The number of allylic oxidation sites excluding steroid dienone is 5. The van der Waals surface area contributed by atoms with Crippen LogP contribution in [0.1, 0.15) is 271 Å². The summed E-state index contributed by atoms with van der Waals surface area (Å²) in [6, 6.07) is -0.640. The third-order valence-corrected chi connectivity index (χ3v) is 11.9. The van der Waals surface area contributed by atoms with Gasteiger partial charge in [-0.25, -0.2) is 0 Å². The monoisotopic (exact) mass is 844 g/mol. The van der Waals surface area contributed by atoms with Crippen molar-refractivity contribution in [2.45, 2.75) is 283 Å². The molecule has 6 nitrogen and oxygen atoms in total. The predicted molar refractivity (Wildman–Crippen MR) is 259 cm³/mol. The molecule has 0 spiro atoms. The Morgan fingerprint density at radius 2 is 0.800 bits per heavy atom. The van der Waals surface area contributed by atoms with Gasteiger partial charge in [0.15, 0.2) is 0 Å². The molecule has 0 saturated heterocycles. The molecule has 0 aromatic heterocycles. The lowest BCUT2D eigenvalue weighted by Gasteiger charge is -2.20. The summed E-state index contributed by atoms with van der Waals surface area (Å²) in [4.78, 5) is 24.4. The number of amides is 1. The summed E-state index contributed by atoms with van der Waals surface area (Å²) in [5.74, 6) is -0.101. The van der Waals surface area contributed by atoms with Crippen molar-refractivity contribution in [1.29, 1.82) is 0 Å². The Labute approximate surface area is 373 Å². The molecule has 0 aliphatic carbocycles. The molecule has 2 unspecified atom stereocenters. The van der Waals surface area contributed by atoms with Gasteiger partial charge in [-0.1, -0.05) is 217 Å². The summed E-state index contributed by atoms with van der Waals surface area (Å²) in [6.45, 7) is 4.83. The molecule has 60 heavy (non-hydrogen) atoms. The minimum absolute atomic E-state index is 0.0155. The molecule has 6 heteroatoms. The Bertz CT molecular complexity index is 977. The minimum Gasteiger partial charge on any atom is -0.466 e. The van der Waals surface area contributed by atoms with E-state index in [0.717, 1.165) is 64.2 Å². The maximum Gasteiger partial charge on any atom is 0.305 e. The molecular weight excluding hydrogens is 743 g/mol. The van der Waals surface area contributed by atoms with Crippen molar-refractivity contribution in [2.75, 3.05) is 13.2 Å². The van der Waals surface area contributed by atoms with Gasteiger partial charge in [0.05, 0.1) is 25.4 Å². The Kier molecular flexibility index (Phi) is 48.1. The van der Waals surface area contributed by atoms with E-state index in [9.17, 15) is 19.8 Å². The van der Waals surface area contributed by atoms with Crippen LogP contribution in [0.25, 0.3) is 0 Å². The molecule has 0 aromatic carbocycles. The Morgan fingerprint density at radius 1 is 0.450 bits per heavy atom. The average Bonchev–Trinajstić information content (AvgIpc) is 3.25. The van der Waals surface area contributed by atoms with Gasteiger partial charge in [0.2, 0.25) is 5.91 Å². The molecule has 0 saturated carbocycles. The Hall–Kier alpha value is -1.92. The molecule has 0 bridgehead atoms. The molecule has 0 aliphatic rings. The van der Waals surface area contributed by atoms with Gasteiger partial charge >= 0.3 is 5.97 Å². The third-order valence-electron chi connectivity index (χ3n) is 11.9. The van der Waals surface area contributed by atoms with Crippen molar-refractivity contribution in [2.24, 2.45) is 0 Å². The van der Waals surface area contributed by atoms with Gasteiger partial charge in [0.25, 0.3) is 0 Å². The third kappa shape index (κ3) is 45.6. The highest BCUT2D eigenvalue weighted by atomic mass is 16.5. The van der Waals surface area contributed by atoms with Gasteiger partial charge < -0.3 is 20.3 Å². The number of aliphatic hydroxyl groups excluding tert-OH is 2. The number of carbonyl (C=O) groups is 2. The van der Waals surface area contributed by atoms with Crippen LogP contribution in [-0.4, -0.2) is 47.4 Å². The largest absolute Gasteiger partial charge is 0.466 e. The van der Waals surface area contributed by atoms with Crippen molar-refractivity contribution in [3.63, 3.8) is 0 Å². The smallest absolute Gasteiger partial charge is 0.305 e. The highest BCUT2D eigenvalue weighted by molar-refractivity contribution is 5.76. The molecule has 352 valence electrons. The summed E-state index contributed by atoms with van der Waals surface area (Å²) in [6.07, 6.45) is 60.0. The van der Waals surface area contributed by atoms with Crippen LogP contribution >= 0.6 is 0 Å². The molecule has 0 aromatic rings. The highest BCUT2D eigenvalue weighted by Crippen LogP contribution is 2.15. The van der Waals surface area contributed by atoms with Crippen molar-refractivity contribution in [3.05, 3.63) is 36.5 Å². The second-order valence-corrected chi connectivity index (χ2v) is 17.8. The maximum absolute atomic E-state index is 12.4. The number of carbonyl (C=O) groups excluding carboxylic acids is 2. The van der Waals surface area contributed by atoms with Crippen LogP contribution in [0.2, 0.25) is 0 Å². The van der Waals surface area contributed by atoms with Crippen LogP contribution in [0.4, 0.5) is 0 Å². The van der Waals surface area contributed by atoms with E-state index in [0.29, 0.717) is 19.4 Å². The quantitative estimate of drug-likeness (QED) is 0.0322. The zero-order chi connectivity index (χ0) is 43.7. The van der Waals surface area contributed by atoms with Crippen LogP contribution < -0.4 is 5.32 Å². The molecular formula is C54H101NO5. The lowest BCUT2D eigenvalue weighted by Crippen LogP contribution is -2.45. The lowest BCUT2D eigenvalue weighted by atomic mass is 10.0. The van der Waals surface area contributed by atoms with E-state index in [1.165, 1.54) is 180 Å². The molecule has 0 heterocycles. The first-order chi connectivity index (χ1) is 29.5. The van der Waals surface area contributed by atoms with Crippen molar-refractivity contribution < 1.29 is 24.5 Å². The predicted octanol–water partition coefficient (Wildman–Crippen LogP) is 15.7. The second kappa shape index (κ2) is 49.7. The highest BCUT2D eigenvalue weighted by Gasteiger charge is 2.18. The number of unbranched alkanes of at least 4 members (excludes halogenated alkanes) is 33. The van der Waals surface area contributed by atoms with Gasteiger partial charge in [0.1, 0.15) is 0 Å². The number of ether oxygens (including phenoxy) is 1. The topological polar surface area (TPSA) is 95.9 Å². The summed E-state index contributed by atoms with van der Waals surface area (Å²) in [7, 11) is 0. The molecule has 3 N–H and O–H groups in total. The van der Waals surface area contributed by atoms with E-state index in [-0.39, 0.29) is 18.5 Å². The van der Waals surface area contributed by atoms with E-state index < -0.39 is 12.1 Å². The number of rotatable bonds is 48. The summed E-state index contributed by atoms with van der Waals surface area (Å²) in [5, 5.41) is 23.1. The molecule has 0 radical (unpaired) electrons. The number of hydrogen-bond acceptors (Lipinski definition) is 5. The lowest BCUT2D eigenvalue weighted by molar-refractivity contribution is -0.143. The fraction of sp³-hybridized carbons (Fsp3) is 0.852. The van der Waals surface area contributed by atoms with Crippen LogP contribution in [-0.2, 0) is 14.3 Å². The minimum atomic E-state index is -0.855. The summed E-state index contributed by atoms with van der Waals surface area (Å²) >= 11 is 0. The van der Waals surface area contributed by atoms with Gasteiger partial charge in [-0.05, 0) is 77.0 Å². The summed E-state index contributed by atoms with van der Waals surface area (Å²) < 4.78 is 5.44. The zero-order valence-corrected chi connectivity index (χ0v) is 39.9. The first kappa shape index (κ1) is 58.1. The molecule has 0 aliphatic heterocycles. The van der Waals surface area contributed by atoms with Crippen molar-refractivity contribution in [1.82, 2.24) is 5.32 Å². The maximum atomic E-state index is 12.4. The zero-order valence-electron chi connectivity index (χ0n) is 39.9. The fourth-order valence-corrected chi connectivity index (χ4v) is 7.78. The van der Waals surface area contributed by atoms with Crippen LogP contribution in [0.3, 0.4) is 0 Å². The average molecular weight is 844 g/mol. The Morgan fingerprint density at radius 3 is 1.23 bits per heavy atom. The van der Waals surface area contributed by atoms with E-state index in [2.05, 4.69) is 43.5 Å². The SMILES string of the molecule is CCCC/C=C\CCCCCCCC(=O)OCCCCCCCCC/C=C\CCCCCCCC(=O)NC(CO)C(O)/C=C/CCCCCCCCCCCCCCCC. The molecule has 0 fully saturated rings. The number of hydrogen-bond donors (Lipinski definition) is 3. The van der Waals surface area contributed by atoms with Gasteiger partial charge in [0, 0.05) is 12.8 Å². The van der Waals surface area contributed by atoms with Crippen molar-refractivity contribution >= 4 is 11.9 Å². The standard InChI is InChI=1S/C54H101NO5/c1-3-5-7-9-11-13-15-16-17-20-23-27-30-34-38-42-46-52(57)51(50-56)55-53(58)47-43-39-35-31-28-24-21-18-19-22-25-29-33-37-41-45-49-60-54(59)48-44-40-36-32-26-14-12-10-8-6-4-2/h10,12,18,21,42,46,51-52,56-57H,3-9,11,13-17,19-20,22-41,43-45,47-50H2,1-2H3,(H,55,58)/b12-10-,21-18-,46-42+. The first-order valence-corrected chi connectivity index (χ1v) is 26.3. The number of nitrogens with one attached hydrogen (secondary N) is 1. The first-order valence-electron chi connectivity index (χ1n) is 26.3. The molecule has 0 rings (SSSR count). The second-order valence-electron chi connectivity index (χ2n) is 17.8. The summed E-state index contributed by atoms with van der Waals surface area (Å²) in [5.41, 5.74) is 0. The molecule has 2 atom stereocenters. The van der Waals surface area contributed by atoms with Crippen LogP contribution in [0, 0.1) is 0 Å². The van der Waals surface area contributed by atoms with Gasteiger partial charge in [-0.3, -0.25) is 9.59 Å². The van der Waals surface area contributed by atoms with E-state index in [4.69, 9.17) is 4.74 Å². The molecule has 1 amide bonds. The van der Waals surface area contributed by atoms with Crippen LogP contribution in [0.5, 0.6) is 0 Å². The van der Waals surface area contributed by atoms with Crippen LogP contribution in [0.15, 0.2) is 36.5 Å². The Balaban J connectivity index is 3.52. The van der Waals surface area contributed by atoms with Gasteiger partial charge in [-0.2, -0.15) is 0 Å². The number of aliphatic hydroxyl groups is 2. The van der Waals surface area contributed by atoms with Gasteiger partial charge in [-0.15, -0.1) is 0 Å².